The molecule has 0 aliphatic heterocycles. The molecule has 0 spiro atoms. The molecule has 0 radical (unpaired) electrons. The van der Waals surface area contributed by atoms with Crippen molar-refractivity contribution in [1.29, 1.82) is 0 Å². The number of amides is 3. The van der Waals surface area contributed by atoms with Gasteiger partial charge in [-0.15, -0.1) is 0 Å². The molecule has 0 atom stereocenters. The van der Waals surface area contributed by atoms with E-state index in [9.17, 15) is 18.8 Å². The number of primary amides is 1. The van der Waals surface area contributed by atoms with Crippen molar-refractivity contribution in [2.75, 3.05) is 22.5 Å². The van der Waals surface area contributed by atoms with Crippen LogP contribution in [0.4, 0.5) is 21.5 Å². The average Bonchev–Trinajstić information content (AvgIpc) is 2.55. The smallest absolute Gasteiger partial charge is 0.248 e. The Morgan fingerprint density at radius 2 is 1.64 bits per heavy atom. The zero-order chi connectivity index (χ0) is 18.4. The summed E-state index contributed by atoms with van der Waals surface area (Å²) in [5, 5.41) is 7.79. The van der Waals surface area contributed by atoms with Gasteiger partial charge in [-0.1, -0.05) is 0 Å². The van der Waals surface area contributed by atoms with E-state index < -0.39 is 17.6 Å². The van der Waals surface area contributed by atoms with Crippen molar-refractivity contribution >= 4 is 34.8 Å². The van der Waals surface area contributed by atoms with Crippen LogP contribution in [0.15, 0.2) is 42.5 Å². The lowest BCUT2D eigenvalue weighted by atomic mass is 10.2. The van der Waals surface area contributed by atoms with Gasteiger partial charge in [0.15, 0.2) is 0 Å². The van der Waals surface area contributed by atoms with Gasteiger partial charge in [-0.05, 0) is 42.5 Å². The molecule has 0 aromatic heterocycles. The molecular formula is C17H17FN4O3. The van der Waals surface area contributed by atoms with Gasteiger partial charge in [0.25, 0.3) is 0 Å². The minimum Gasteiger partial charge on any atom is -0.374 e. The standard InChI is InChI=1S/C17H17FN4O3/c1-10(23)21-13-6-7-14(18)15(8-13)20-9-16(24)22-12-4-2-11(3-5-12)17(19)25/h2-8,20H,9H2,1H3,(H2,19,25)(H,21,23)(H,22,24). The van der Waals surface area contributed by atoms with Gasteiger partial charge < -0.3 is 21.7 Å². The number of anilines is 3. The molecule has 2 aromatic carbocycles. The highest BCUT2D eigenvalue weighted by atomic mass is 19.1. The number of carbonyl (C=O) groups is 3. The van der Waals surface area contributed by atoms with Gasteiger partial charge in [-0.2, -0.15) is 0 Å². The summed E-state index contributed by atoms with van der Waals surface area (Å²) in [7, 11) is 0. The van der Waals surface area contributed by atoms with E-state index in [1.807, 2.05) is 0 Å². The van der Waals surface area contributed by atoms with Crippen LogP contribution in [0.25, 0.3) is 0 Å². The van der Waals surface area contributed by atoms with Crippen LogP contribution in [0.1, 0.15) is 17.3 Å². The van der Waals surface area contributed by atoms with E-state index >= 15 is 0 Å². The molecule has 0 aliphatic rings. The first-order valence-corrected chi connectivity index (χ1v) is 7.36. The van der Waals surface area contributed by atoms with E-state index in [0.29, 0.717) is 16.9 Å². The number of carbonyl (C=O) groups excluding carboxylic acids is 3. The van der Waals surface area contributed by atoms with Crippen molar-refractivity contribution in [2.24, 2.45) is 5.73 Å². The van der Waals surface area contributed by atoms with Gasteiger partial charge >= 0.3 is 0 Å². The minimum atomic E-state index is -0.561. The molecule has 2 aromatic rings. The molecule has 3 amide bonds. The molecule has 5 N–H and O–H groups in total. The van der Waals surface area contributed by atoms with E-state index in [1.54, 1.807) is 0 Å². The first-order chi connectivity index (χ1) is 11.8. The van der Waals surface area contributed by atoms with Crippen molar-refractivity contribution in [3.05, 3.63) is 53.8 Å². The molecule has 0 bridgehead atoms. The first kappa shape index (κ1) is 17.9. The maximum atomic E-state index is 13.8. The summed E-state index contributed by atoms with van der Waals surface area (Å²) in [5.74, 6) is -1.80. The topological polar surface area (TPSA) is 113 Å². The number of halogens is 1. The summed E-state index contributed by atoms with van der Waals surface area (Å²) in [4.78, 5) is 33.9. The van der Waals surface area contributed by atoms with Crippen molar-refractivity contribution in [3.63, 3.8) is 0 Å². The zero-order valence-corrected chi connectivity index (χ0v) is 13.4. The Labute approximate surface area is 143 Å². The van der Waals surface area contributed by atoms with Crippen molar-refractivity contribution in [3.8, 4) is 0 Å². The van der Waals surface area contributed by atoms with Gasteiger partial charge in [0.05, 0.1) is 12.2 Å². The molecular weight excluding hydrogens is 327 g/mol. The Morgan fingerprint density at radius 3 is 2.24 bits per heavy atom. The fourth-order valence-corrected chi connectivity index (χ4v) is 2.04. The van der Waals surface area contributed by atoms with E-state index in [1.165, 1.54) is 49.4 Å². The molecule has 0 unspecified atom stereocenters. The summed E-state index contributed by atoms with van der Waals surface area (Å²) in [6.07, 6.45) is 0. The molecule has 8 heteroatoms. The fourth-order valence-electron chi connectivity index (χ4n) is 2.04. The van der Waals surface area contributed by atoms with Crippen LogP contribution >= 0.6 is 0 Å². The third-order valence-electron chi connectivity index (χ3n) is 3.18. The number of rotatable bonds is 6. The monoisotopic (exact) mass is 344 g/mol. The summed E-state index contributed by atoms with van der Waals surface area (Å²) >= 11 is 0. The number of hydrogen-bond acceptors (Lipinski definition) is 4. The molecule has 7 nitrogen and oxygen atoms in total. The second kappa shape index (κ2) is 7.91. The van der Waals surface area contributed by atoms with Gasteiger partial charge in [0.2, 0.25) is 17.7 Å². The Balaban J connectivity index is 1.95. The summed E-state index contributed by atoms with van der Waals surface area (Å²) in [5.41, 5.74) is 6.44. The van der Waals surface area contributed by atoms with Crippen molar-refractivity contribution in [2.45, 2.75) is 6.92 Å². The molecule has 0 aliphatic carbocycles. The van der Waals surface area contributed by atoms with E-state index in [2.05, 4.69) is 16.0 Å². The lowest BCUT2D eigenvalue weighted by Gasteiger charge is -2.10. The quantitative estimate of drug-likeness (QED) is 0.641. The van der Waals surface area contributed by atoms with Crippen molar-refractivity contribution in [1.82, 2.24) is 0 Å². The maximum Gasteiger partial charge on any atom is 0.248 e. The van der Waals surface area contributed by atoms with Gasteiger partial charge in [0.1, 0.15) is 5.82 Å². The van der Waals surface area contributed by atoms with Gasteiger partial charge in [0, 0.05) is 23.9 Å². The SMILES string of the molecule is CC(=O)Nc1ccc(F)c(NCC(=O)Nc2ccc(C(N)=O)cc2)c1. The summed E-state index contributed by atoms with van der Waals surface area (Å²) < 4.78 is 13.8. The highest BCUT2D eigenvalue weighted by Crippen LogP contribution is 2.19. The van der Waals surface area contributed by atoms with Crippen LogP contribution in [0.3, 0.4) is 0 Å². The third-order valence-corrected chi connectivity index (χ3v) is 3.18. The van der Waals surface area contributed by atoms with Gasteiger partial charge in [-0.3, -0.25) is 14.4 Å². The van der Waals surface area contributed by atoms with Crippen LogP contribution in [0, 0.1) is 5.82 Å². The van der Waals surface area contributed by atoms with Crippen LogP contribution in [0.5, 0.6) is 0 Å². The van der Waals surface area contributed by atoms with Crippen molar-refractivity contribution < 1.29 is 18.8 Å². The van der Waals surface area contributed by atoms with Crippen LogP contribution in [0.2, 0.25) is 0 Å². The Bertz CT molecular complexity index is 806. The van der Waals surface area contributed by atoms with E-state index in [-0.39, 0.29) is 18.1 Å². The lowest BCUT2D eigenvalue weighted by Crippen LogP contribution is -2.22. The lowest BCUT2D eigenvalue weighted by molar-refractivity contribution is -0.115. The summed E-state index contributed by atoms with van der Waals surface area (Å²) in [6.45, 7) is 1.16. The molecule has 0 fully saturated rings. The maximum absolute atomic E-state index is 13.8. The Hall–Kier alpha value is -3.42. The van der Waals surface area contributed by atoms with E-state index in [0.717, 1.165) is 0 Å². The Kier molecular flexibility index (Phi) is 5.67. The van der Waals surface area contributed by atoms with Gasteiger partial charge in [-0.25, -0.2) is 4.39 Å². The highest BCUT2D eigenvalue weighted by molar-refractivity contribution is 5.96. The Morgan fingerprint density at radius 1 is 1.00 bits per heavy atom. The number of nitrogens with two attached hydrogens (primary N) is 1. The number of hydrogen-bond donors (Lipinski definition) is 4. The first-order valence-electron chi connectivity index (χ1n) is 7.36. The van der Waals surface area contributed by atoms with Crippen LogP contribution in [-0.4, -0.2) is 24.3 Å². The van der Waals surface area contributed by atoms with Crippen LogP contribution < -0.4 is 21.7 Å². The molecule has 0 saturated carbocycles. The highest BCUT2D eigenvalue weighted by Gasteiger charge is 2.08. The van der Waals surface area contributed by atoms with Crippen LogP contribution in [-0.2, 0) is 9.59 Å². The molecule has 0 saturated heterocycles. The molecule has 25 heavy (non-hydrogen) atoms. The average molecular weight is 344 g/mol. The van der Waals surface area contributed by atoms with E-state index in [4.69, 9.17) is 5.73 Å². The predicted octanol–water partition coefficient (Wildman–Crippen LogP) is 1.93. The minimum absolute atomic E-state index is 0.0884. The normalized spacial score (nSPS) is 10.0. The fraction of sp³-hybridized carbons (Fsp3) is 0.118. The second-order valence-corrected chi connectivity index (χ2v) is 5.22. The molecule has 130 valence electrons. The molecule has 2 rings (SSSR count). The predicted molar refractivity (Wildman–Crippen MR) is 92.8 cm³/mol. The zero-order valence-electron chi connectivity index (χ0n) is 13.4. The third kappa shape index (κ3) is 5.31. The second-order valence-electron chi connectivity index (χ2n) is 5.22. The largest absolute Gasteiger partial charge is 0.374 e. The molecule has 0 heterocycles. The number of nitrogens with one attached hydrogen (secondary N) is 3. The summed E-state index contributed by atoms with van der Waals surface area (Å²) in [6, 6.07) is 10.1. The number of benzene rings is 2.